The highest BCUT2D eigenvalue weighted by Gasteiger charge is 2.41. The smallest absolute Gasteiger partial charge is 0.378 e. The van der Waals surface area contributed by atoms with Crippen LogP contribution in [0, 0.1) is 0 Å². The molecule has 0 bridgehead atoms. The molecular formula is C16H18O5. The van der Waals surface area contributed by atoms with Gasteiger partial charge >= 0.3 is 5.97 Å². The fraction of sp³-hybridized carbons (Fsp3) is 0.438. The number of carbonyl (C=O) groups excluding carboxylic acids is 1. The van der Waals surface area contributed by atoms with E-state index in [9.17, 15) is 4.79 Å². The molecule has 5 heteroatoms. The molecule has 0 amide bonds. The molecule has 0 saturated heterocycles. The lowest BCUT2D eigenvalue weighted by molar-refractivity contribution is -0.142. The Morgan fingerprint density at radius 3 is 2.81 bits per heavy atom. The first-order valence-electron chi connectivity index (χ1n) is 7.21. The highest BCUT2D eigenvalue weighted by Crippen LogP contribution is 2.42. The molecule has 1 aromatic rings. The second kappa shape index (κ2) is 5.68. The minimum absolute atomic E-state index is 0.175. The SMILES string of the molecule is CCCCCC1OC(=O)C2=C1Oc1cc(OC)ccc1O2. The van der Waals surface area contributed by atoms with Crippen molar-refractivity contribution >= 4 is 5.97 Å². The highest BCUT2D eigenvalue weighted by molar-refractivity contribution is 5.91. The standard InChI is InChI=1S/C16H18O5/c1-3-4-5-6-12-14-15(16(17)21-12)19-11-8-7-10(18-2)9-13(11)20-14/h7-9,12H,3-6H2,1-2H3. The van der Waals surface area contributed by atoms with Gasteiger partial charge in [0.1, 0.15) is 5.75 Å². The van der Waals surface area contributed by atoms with Crippen LogP contribution in [0.1, 0.15) is 32.6 Å². The van der Waals surface area contributed by atoms with E-state index in [1.165, 1.54) is 0 Å². The first kappa shape index (κ1) is 13.8. The molecule has 0 N–H and O–H groups in total. The monoisotopic (exact) mass is 290 g/mol. The Morgan fingerprint density at radius 1 is 1.19 bits per heavy atom. The van der Waals surface area contributed by atoms with Crippen LogP contribution in [-0.4, -0.2) is 19.2 Å². The molecular weight excluding hydrogens is 272 g/mol. The quantitative estimate of drug-likeness (QED) is 0.616. The van der Waals surface area contributed by atoms with E-state index in [0.29, 0.717) is 23.0 Å². The Labute approximate surface area is 123 Å². The lowest BCUT2D eigenvalue weighted by Gasteiger charge is -2.20. The lowest BCUT2D eigenvalue weighted by Crippen LogP contribution is -2.17. The van der Waals surface area contributed by atoms with Crippen LogP contribution < -0.4 is 14.2 Å². The Kier molecular flexibility index (Phi) is 3.73. The summed E-state index contributed by atoms with van der Waals surface area (Å²) in [7, 11) is 1.59. The van der Waals surface area contributed by atoms with E-state index in [1.807, 2.05) is 0 Å². The number of hydrogen-bond donors (Lipinski definition) is 0. The molecule has 0 aliphatic carbocycles. The molecule has 1 atom stereocenters. The number of unbranched alkanes of at least 4 members (excludes halogenated alkanes) is 2. The van der Waals surface area contributed by atoms with Gasteiger partial charge in [-0.1, -0.05) is 19.8 Å². The molecule has 2 aliphatic rings. The third-order valence-electron chi connectivity index (χ3n) is 3.60. The second-order valence-corrected chi connectivity index (χ2v) is 5.10. The fourth-order valence-electron chi connectivity index (χ4n) is 2.46. The Balaban J connectivity index is 1.81. The Hall–Kier alpha value is -2.17. The zero-order valence-electron chi connectivity index (χ0n) is 12.2. The van der Waals surface area contributed by atoms with Gasteiger partial charge < -0.3 is 18.9 Å². The van der Waals surface area contributed by atoms with E-state index in [2.05, 4.69) is 6.92 Å². The van der Waals surface area contributed by atoms with Crippen LogP contribution in [0.2, 0.25) is 0 Å². The molecule has 0 radical (unpaired) electrons. The number of fused-ring (bicyclic) bond motifs is 1. The average molecular weight is 290 g/mol. The van der Waals surface area contributed by atoms with Gasteiger partial charge in [-0.05, 0) is 25.0 Å². The van der Waals surface area contributed by atoms with Gasteiger partial charge in [0.05, 0.1) is 7.11 Å². The predicted molar refractivity (Wildman–Crippen MR) is 75.3 cm³/mol. The number of hydrogen-bond acceptors (Lipinski definition) is 5. The summed E-state index contributed by atoms with van der Waals surface area (Å²) < 4.78 is 22.0. The van der Waals surface area contributed by atoms with Crippen LogP contribution in [0.5, 0.6) is 17.2 Å². The number of rotatable bonds is 5. The van der Waals surface area contributed by atoms with Crippen molar-refractivity contribution in [3.8, 4) is 17.2 Å². The van der Waals surface area contributed by atoms with Gasteiger partial charge in [0.15, 0.2) is 23.4 Å². The normalized spacial score (nSPS) is 19.3. The van der Waals surface area contributed by atoms with Crippen LogP contribution >= 0.6 is 0 Å². The van der Waals surface area contributed by atoms with Crippen LogP contribution in [0.25, 0.3) is 0 Å². The maximum absolute atomic E-state index is 11.9. The summed E-state index contributed by atoms with van der Waals surface area (Å²) in [4.78, 5) is 11.9. The van der Waals surface area contributed by atoms with Crippen molar-refractivity contribution in [3.63, 3.8) is 0 Å². The lowest BCUT2D eigenvalue weighted by atomic mass is 10.1. The van der Waals surface area contributed by atoms with E-state index in [0.717, 1.165) is 25.7 Å². The van der Waals surface area contributed by atoms with Crippen molar-refractivity contribution in [2.75, 3.05) is 7.11 Å². The maximum Gasteiger partial charge on any atom is 0.378 e. The number of esters is 1. The zero-order chi connectivity index (χ0) is 14.8. The summed E-state index contributed by atoms with van der Waals surface area (Å²) in [6.45, 7) is 2.13. The van der Waals surface area contributed by atoms with Crippen LogP contribution in [0.15, 0.2) is 29.7 Å². The van der Waals surface area contributed by atoms with Gasteiger partial charge in [0, 0.05) is 6.07 Å². The topological polar surface area (TPSA) is 54.0 Å². The van der Waals surface area contributed by atoms with Gasteiger partial charge in [-0.2, -0.15) is 0 Å². The van der Waals surface area contributed by atoms with Crippen molar-refractivity contribution in [1.82, 2.24) is 0 Å². The van der Waals surface area contributed by atoms with Gasteiger partial charge in [-0.15, -0.1) is 0 Å². The molecule has 5 nitrogen and oxygen atoms in total. The van der Waals surface area contributed by atoms with Crippen molar-refractivity contribution < 1.29 is 23.7 Å². The molecule has 21 heavy (non-hydrogen) atoms. The number of carbonyl (C=O) groups is 1. The van der Waals surface area contributed by atoms with Gasteiger partial charge in [0.2, 0.25) is 0 Å². The first-order chi connectivity index (χ1) is 10.2. The van der Waals surface area contributed by atoms with Gasteiger partial charge in [0.25, 0.3) is 5.76 Å². The summed E-state index contributed by atoms with van der Waals surface area (Å²) in [5.41, 5.74) is 0. The minimum Gasteiger partial charge on any atom is -0.497 e. The number of methoxy groups -OCH3 is 1. The van der Waals surface area contributed by atoms with Gasteiger partial charge in [-0.3, -0.25) is 0 Å². The fourth-order valence-corrected chi connectivity index (χ4v) is 2.46. The van der Waals surface area contributed by atoms with E-state index in [4.69, 9.17) is 18.9 Å². The molecule has 2 aliphatic heterocycles. The molecule has 0 spiro atoms. The van der Waals surface area contributed by atoms with Crippen molar-refractivity contribution in [2.24, 2.45) is 0 Å². The minimum atomic E-state index is -0.451. The predicted octanol–water partition coefficient (Wildman–Crippen LogP) is 3.18. The van der Waals surface area contributed by atoms with Crippen LogP contribution in [0.3, 0.4) is 0 Å². The largest absolute Gasteiger partial charge is 0.497 e. The summed E-state index contributed by atoms with van der Waals surface area (Å²) in [5.74, 6) is 1.93. The molecule has 0 aromatic heterocycles. The van der Waals surface area contributed by atoms with Gasteiger partial charge in [-0.25, -0.2) is 4.79 Å². The third-order valence-corrected chi connectivity index (χ3v) is 3.60. The summed E-state index contributed by atoms with van der Waals surface area (Å²) in [6, 6.07) is 5.22. The third kappa shape index (κ3) is 2.55. The Bertz CT molecular complexity index is 590. The number of cyclic esters (lactones) is 1. The maximum atomic E-state index is 11.9. The van der Waals surface area contributed by atoms with Crippen LogP contribution in [0.4, 0.5) is 0 Å². The van der Waals surface area contributed by atoms with Crippen molar-refractivity contribution in [3.05, 3.63) is 29.7 Å². The number of benzene rings is 1. The average Bonchev–Trinajstić information content (AvgIpc) is 2.81. The molecule has 0 saturated carbocycles. The van der Waals surface area contributed by atoms with Crippen LogP contribution in [-0.2, 0) is 9.53 Å². The first-order valence-corrected chi connectivity index (χ1v) is 7.21. The van der Waals surface area contributed by atoms with E-state index < -0.39 is 5.97 Å². The molecule has 2 heterocycles. The van der Waals surface area contributed by atoms with E-state index in [1.54, 1.807) is 25.3 Å². The molecule has 112 valence electrons. The summed E-state index contributed by atoms with van der Waals surface area (Å²) in [5, 5.41) is 0. The molecule has 1 unspecified atom stereocenters. The molecule has 0 fully saturated rings. The summed E-state index contributed by atoms with van der Waals surface area (Å²) in [6.07, 6.45) is 3.60. The molecule has 3 rings (SSSR count). The highest BCUT2D eigenvalue weighted by atomic mass is 16.6. The Morgan fingerprint density at radius 2 is 2.05 bits per heavy atom. The van der Waals surface area contributed by atoms with E-state index in [-0.39, 0.29) is 11.9 Å². The van der Waals surface area contributed by atoms with Crippen molar-refractivity contribution in [1.29, 1.82) is 0 Å². The summed E-state index contributed by atoms with van der Waals surface area (Å²) >= 11 is 0. The second-order valence-electron chi connectivity index (χ2n) is 5.10. The zero-order valence-corrected chi connectivity index (χ0v) is 12.2. The van der Waals surface area contributed by atoms with E-state index >= 15 is 0 Å². The molecule has 1 aromatic carbocycles. The van der Waals surface area contributed by atoms with Crippen molar-refractivity contribution in [2.45, 2.75) is 38.7 Å². The number of ether oxygens (including phenoxy) is 4.